The Morgan fingerprint density at radius 2 is 1.78 bits per heavy atom. The Labute approximate surface area is 233 Å². The zero-order chi connectivity index (χ0) is 25.7. The number of ether oxygens (including phenoxy) is 1. The molecule has 0 radical (unpaired) electrons. The molecule has 2 amide bonds. The number of thiazole rings is 1. The van der Waals surface area contributed by atoms with E-state index in [0.717, 1.165) is 31.8 Å². The number of hydrogen-bond acceptors (Lipinski definition) is 6. The van der Waals surface area contributed by atoms with Crippen LogP contribution in [0.5, 0.6) is 5.75 Å². The Morgan fingerprint density at radius 3 is 2.57 bits per heavy atom. The van der Waals surface area contributed by atoms with Gasteiger partial charge in [0, 0.05) is 25.9 Å². The highest BCUT2D eigenvalue weighted by molar-refractivity contribution is 9.10. The third kappa shape index (κ3) is 4.44. The largest absolute Gasteiger partial charge is 0.489 e. The van der Waals surface area contributed by atoms with Gasteiger partial charge in [0.05, 0.1) is 16.6 Å². The number of nitrogens with one attached hydrogen (secondary N) is 1. The Balaban J connectivity index is 1.45. The molecule has 0 bridgehead atoms. The summed E-state index contributed by atoms with van der Waals surface area (Å²) in [7, 11) is 0. The zero-order valence-electron chi connectivity index (χ0n) is 19.0. The maximum Gasteiger partial charge on any atom is 0.305 e. The molecule has 1 saturated heterocycles. The highest BCUT2D eigenvalue weighted by Gasteiger charge is 2.56. The molecule has 2 aliphatic heterocycles. The smallest absolute Gasteiger partial charge is 0.305 e. The minimum atomic E-state index is -0.695. The standard InChI is InChI=1S/C27H18BrClN2O4S2/c28-15-9-10-19(35-13-14-5-4-6-16(29)11-14)18(12-15)20-21-23(36-24-22(20)37-27(34)30-24)26(33)31(25(21)32)17-7-2-1-3-8-17/h1-12,20-21,23H,13H2,(H,30,34)/t20-,21?,23?/m1/s1. The summed E-state index contributed by atoms with van der Waals surface area (Å²) in [6.45, 7) is 0.268. The minimum Gasteiger partial charge on any atom is -0.489 e. The van der Waals surface area contributed by atoms with Crippen LogP contribution < -0.4 is 14.5 Å². The van der Waals surface area contributed by atoms with Gasteiger partial charge in [-0.05, 0) is 48.0 Å². The van der Waals surface area contributed by atoms with Crippen LogP contribution in [0.4, 0.5) is 5.69 Å². The third-order valence-corrected chi connectivity index (χ3v) is 9.56. The van der Waals surface area contributed by atoms with Crippen molar-refractivity contribution in [2.75, 3.05) is 4.90 Å². The molecule has 3 heterocycles. The predicted octanol–water partition coefficient (Wildman–Crippen LogP) is 6.23. The molecule has 0 spiro atoms. The Kier molecular flexibility index (Phi) is 6.48. The third-order valence-electron chi connectivity index (χ3n) is 6.43. The van der Waals surface area contributed by atoms with Crippen molar-refractivity contribution < 1.29 is 14.3 Å². The zero-order valence-corrected chi connectivity index (χ0v) is 23.0. The topological polar surface area (TPSA) is 79.5 Å². The van der Waals surface area contributed by atoms with E-state index in [4.69, 9.17) is 16.3 Å². The second-order valence-electron chi connectivity index (χ2n) is 8.70. The average molecular weight is 614 g/mol. The molecule has 1 aromatic heterocycles. The number of carbonyl (C=O) groups is 2. The van der Waals surface area contributed by atoms with E-state index in [9.17, 15) is 14.4 Å². The average Bonchev–Trinajstić information content (AvgIpc) is 3.38. The van der Waals surface area contributed by atoms with Gasteiger partial charge in [0.1, 0.15) is 17.6 Å². The Bertz CT molecular complexity index is 1590. The molecule has 186 valence electrons. The van der Waals surface area contributed by atoms with Gasteiger partial charge in [-0.1, -0.05) is 81.0 Å². The van der Waals surface area contributed by atoms with Gasteiger partial charge in [-0.2, -0.15) is 0 Å². The van der Waals surface area contributed by atoms with Gasteiger partial charge in [-0.25, -0.2) is 4.90 Å². The van der Waals surface area contributed by atoms with Crippen LogP contribution in [0, 0.1) is 5.92 Å². The monoisotopic (exact) mass is 612 g/mol. The van der Waals surface area contributed by atoms with Gasteiger partial charge in [0.15, 0.2) is 0 Å². The van der Waals surface area contributed by atoms with Crippen LogP contribution in [0.3, 0.4) is 0 Å². The molecule has 1 N–H and O–H groups in total. The lowest BCUT2D eigenvalue weighted by Crippen LogP contribution is -2.32. The van der Waals surface area contributed by atoms with Crippen molar-refractivity contribution >= 4 is 68.1 Å². The SMILES string of the molecule is O=C1C2Sc3[nH]c(=O)sc3[C@H](c3cc(Br)ccc3OCc3cccc(Cl)c3)C2C(=O)N1c1ccccc1. The summed E-state index contributed by atoms with van der Waals surface area (Å²) in [5.41, 5.74) is 2.17. The number of anilines is 1. The van der Waals surface area contributed by atoms with Gasteiger partial charge < -0.3 is 9.72 Å². The highest BCUT2D eigenvalue weighted by Crippen LogP contribution is 2.54. The van der Waals surface area contributed by atoms with Gasteiger partial charge in [0.25, 0.3) is 0 Å². The molecule has 2 unspecified atom stereocenters. The molecule has 10 heteroatoms. The van der Waals surface area contributed by atoms with Crippen LogP contribution in [0.15, 0.2) is 87.1 Å². The number of carbonyl (C=O) groups excluding carboxylic acids is 2. The predicted molar refractivity (Wildman–Crippen MR) is 149 cm³/mol. The second kappa shape index (κ2) is 9.79. The molecule has 0 aliphatic carbocycles. The summed E-state index contributed by atoms with van der Waals surface area (Å²) in [5.74, 6) is -1.23. The van der Waals surface area contributed by atoms with Crippen LogP contribution in [0.2, 0.25) is 5.02 Å². The lowest BCUT2D eigenvalue weighted by Gasteiger charge is -2.31. The number of nitrogens with zero attached hydrogens (tertiary/aromatic N) is 1. The summed E-state index contributed by atoms with van der Waals surface area (Å²) >= 11 is 12.0. The fourth-order valence-corrected chi connectivity index (χ4v) is 7.96. The first-order valence-corrected chi connectivity index (χ1v) is 14.3. The van der Waals surface area contributed by atoms with Crippen LogP contribution >= 0.6 is 50.6 Å². The van der Waals surface area contributed by atoms with E-state index in [1.165, 1.54) is 16.7 Å². The molecule has 3 atom stereocenters. The number of rotatable bonds is 5. The molecule has 1 fully saturated rings. The van der Waals surface area contributed by atoms with Gasteiger partial charge in [-0.15, -0.1) is 0 Å². The molecule has 6 rings (SSSR count). The number of amides is 2. The number of thioether (sulfide) groups is 1. The first-order valence-electron chi connectivity index (χ1n) is 11.4. The number of H-pyrrole nitrogens is 1. The van der Waals surface area contributed by atoms with E-state index in [-0.39, 0.29) is 23.3 Å². The van der Waals surface area contributed by atoms with Crippen molar-refractivity contribution in [1.82, 2.24) is 4.98 Å². The number of aromatic nitrogens is 1. The normalized spacial score (nSPS) is 20.6. The lowest BCUT2D eigenvalue weighted by molar-refractivity contribution is -0.122. The Hall–Kier alpha value is -2.85. The van der Waals surface area contributed by atoms with Crippen molar-refractivity contribution in [1.29, 1.82) is 0 Å². The highest BCUT2D eigenvalue weighted by atomic mass is 79.9. The Morgan fingerprint density at radius 1 is 0.973 bits per heavy atom. The van der Waals surface area contributed by atoms with Crippen LogP contribution in [-0.4, -0.2) is 22.0 Å². The number of aromatic amines is 1. The number of para-hydroxylation sites is 1. The maximum absolute atomic E-state index is 13.9. The number of imide groups is 1. The second-order valence-corrected chi connectivity index (χ2v) is 12.2. The quantitative estimate of drug-likeness (QED) is 0.270. The fourth-order valence-electron chi connectivity index (χ4n) is 4.87. The van der Waals surface area contributed by atoms with E-state index in [2.05, 4.69) is 20.9 Å². The number of hydrogen-bond donors (Lipinski definition) is 1. The van der Waals surface area contributed by atoms with Crippen molar-refractivity contribution in [2.45, 2.75) is 22.8 Å². The molecular weight excluding hydrogens is 596 g/mol. The summed E-state index contributed by atoms with van der Waals surface area (Å²) < 4.78 is 7.05. The van der Waals surface area contributed by atoms with Crippen molar-refractivity contribution in [3.63, 3.8) is 0 Å². The molecule has 2 aliphatic rings. The molecule has 6 nitrogen and oxygen atoms in total. The maximum atomic E-state index is 13.9. The first-order chi connectivity index (χ1) is 17.9. The van der Waals surface area contributed by atoms with Crippen LogP contribution in [0.1, 0.15) is 21.9 Å². The summed E-state index contributed by atoms with van der Waals surface area (Å²) in [6, 6.07) is 22.0. The van der Waals surface area contributed by atoms with Gasteiger partial charge in [-0.3, -0.25) is 14.4 Å². The van der Waals surface area contributed by atoms with Gasteiger partial charge in [0.2, 0.25) is 11.8 Å². The van der Waals surface area contributed by atoms with E-state index < -0.39 is 17.1 Å². The van der Waals surface area contributed by atoms with E-state index >= 15 is 0 Å². The van der Waals surface area contributed by atoms with E-state index in [0.29, 0.717) is 21.5 Å². The number of fused-ring (bicyclic) bond motifs is 2. The lowest BCUT2D eigenvalue weighted by atomic mass is 9.82. The fraction of sp³-hybridized carbons (Fsp3) is 0.148. The number of halogens is 2. The summed E-state index contributed by atoms with van der Waals surface area (Å²) in [6.07, 6.45) is 0. The van der Waals surface area contributed by atoms with Gasteiger partial charge >= 0.3 is 4.87 Å². The first kappa shape index (κ1) is 24.5. The number of benzene rings is 3. The molecule has 4 aromatic rings. The van der Waals surface area contributed by atoms with Crippen molar-refractivity contribution in [2.24, 2.45) is 5.92 Å². The minimum absolute atomic E-state index is 0.223. The van der Waals surface area contributed by atoms with Crippen molar-refractivity contribution in [3.05, 3.63) is 108 Å². The molecule has 3 aromatic carbocycles. The molecule has 0 saturated carbocycles. The summed E-state index contributed by atoms with van der Waals surface area (Å²) in [5, 5.41) is 0.565. The summed E-state index contributed by atoms with van der Waals surface area (Å²) in [4.78, 5) is 44.6. The van der Waals surface area contributed by atoms with Crippen LogP contribution in [0.25, 0.3) is 0 Å². The van der Waals surface area contributed by atoms with E-state index in [1.807, 2.05) is 42.5 Å². The molecular formula is C27H18BrClN2O4S2. The van der Waals surface area contributed by atoms with Crippen molar-refractivity contribution in [3.8, 4) is 5.75 Å². The van der Waals surface area contributed by atoms with Crippen LogP contribution in [-0.2, 0) is 16.2 Å². The van der Waals surface area contributed by atoms with E-state index in [1.54, 1.807) is 30.3 Å². The molecule has 37 heavy (non-hydrogen) atoms.